The first-order chi connectivity index (χ1) is 10.1. The molecule has 2 fully saturated rings. The van der Waals surface area contributed by atoms with Crippen LogP contribution in [0, 0.1) is 0 Å². The molecule has 0 bridgehead atoms. The summed E-state index contributed by atoms with van der Waals surface area (Å²) in [4.78, 5) is 36.9. The third kappa shape index (κ3) is 2.17. The van der Waals surface area contributed by atoms with Crippen molar-refractivity contribution in [3.05, 3.63) is 23.7 Å². The molecule has 0 aromatic carbocycles. The number of rotatable bonds is 3. The summed E-state index contributed by atoms with van der Waals surface area (Å²) in [6.45, 7) is 0.00423. The molecule has 4 amide bonds. The van der Waals surface area contributed by atoms with Crippen molar-refractivity contribution < 1.29 is 18.8 Å². The van der Waals surface area contributed by atoms with Crippen LogP contribution in [0.2, 0.25) is 0 Å². The van der Waals surface area contributed by atoms with E-state index < -0.39 is 17.5 Å². The normalized spacial score (nSPS) is 20.1. The van der Waals surface area contributed by atoms with Gasteiger partial charge in [-0.3, -0.25) is 19.9 Å². The van der Waals surface area contributed by atoms with E-state index in [0.29, 0.717) is 18.6 Å². The van der Waals surface area contributed by atoms with Gasteiger partial charge < -0.3 is 9.73 Å². The van der Waals surface area contributed by atoms with Crippen LogP contribution in [0.3, 0.4) is 0 Å². The molecule has 8 nitrogen and oxygen atoms in total. The monoisotopic (exact) mass is 292 g/mol. The molecule has 1 saturated carbocycles. The van der Waals surface area contributed by atoms with E-state index in [1.165, 1.54) is 12.3 Å². The lowest BCUT2D eigenvalue weighted by molar-refractivity contribution is -0.131. The number of amides is 4. The Labute approximate surface area is 120 Å². The van der Waals surface area contributed by atoms with Crippen molar-refractivity contribution in [2.75, 3.05) is 0 Å². The van der Waals surface area contributed by atoms with E-state index >= 15 is 0 Å². The van der Waals surface area contributed by atoms with Crippen molar-refractivity contribution >= 4 is 17.8 Å². The molecule has 0 atom stereocenters. The number of nitrogens with one attached hydrogen (secondary N) is 2. The Bertz CT molecular complexity index is 603. The molecule has 4 N–H and O–H groups in total. The first-order valence-electron chi connectivity index (χ1n) is 6.78. The SMILES string of the molecule is NNC(=O)c1coc(CN2C(=O)NC3(CCCC3)C2=O)c1. The van der Waals surface area contributed by atoms with Crippen LogP contribution in [0.15, 0.2) is 16.7 Å². The number of carbonyl (C=O) groups excluding carboxylic acids is 3. The van der Waals surface area contributed by atoms with Gasteiger partial charge in [0.1, 0.15) is 17.6 Å². The lowest BCUT2D eigenvalue weighted by Crippen LogP contribution is -2.44. The summed E-state index contributed by atoms with van der Waals surface area (Å²) in [7, 11) is 0. The summed E-state index contributed by atoms with van der Waals surface area (Å²) < 4.78 is 5.21. The van der Waals surface area contributed by atoms with Crippen molar-refractivity contribution in [3.8, 4) is 0 Å². The molecule has 0 radical (unpaired) electrons. The molecule has 0 unspecified atom stereocenters. The van der Waals surface area contributed by atoms with Crippen molar-refractivity contribution in [2.45, 2.75) is 37.8 Å². The molecule has 1 aliphatic heterocycles. The van der Waals surface area contributed by atoms with Gasteiger partial charge in [-0.1, -0.05) is 12.8 Å². The molecular weight excluding hydrogens is 276 g/mol. The predicted octanol–water partition coefficient (Wildman–Crippen LogP) is 0.248. The van der Waals surface area contributed by atoms with Crippen LogP contribution >= 0.6 is 0 Å². The smallest absolute Gasteiger partial charge is 0.325 e. The summed E-state index contributed by atoms with van der Waals surface area (Å²) in [5.74, 6) is 4.68. The summed E-state index contributed by atoms with van der Waals surface area (Å²) in [6.07, 6.45) is 4.45. The second-order valence-corrected chi connectivity index (χ2v) is 5.39. The standard InChI is InChI=1S/C13H16N4O4/c14-16-10(18)8-5-9(21-7-8)6-17-11(19)13(15-12(17)20)3-1-2-4-13/h5,7H,1-4,6,14H2,(H,15,20)(H,16,18). The lowest BCUT2D eigenvalue weighted by atomic mass is 9.98. The second kappa shape index (κ2) is 4.88. The second-order valence-electron chi connectivity index (χ2n) is 5.39. The van der Waals surface area contributed by atoms with Crippen LogP contribution in [0.25, 0.3) is 0 Å². The number of hydrazine groups is 1. The molecule has 3 rings (SSSR count). The Kier molecular flexibility index (Phi) is 3.17. The zero-order valence-corrected chi connectivity index (χ0v) is 11.3. The molecule has 1 spiro atoms. The van der Waals surface area contributed by atoms with Gasteiger partial charge in [0, 0.05) is 0 Å². The topological polar surface area (TPSA) is 118 Å². The molecule has 1 aromatic heterocycles. The molecule has 1 saturated heterocycles. The number of hydrogen-bond acceptors (Lipinski definition) is 5. The predicted molar refractivity (Wildman–Crippen MR) is 70.6 cm³/mol. The Morgan fingerprint density at radius 3 is 2.81 bits per heavy atom. The maximum absolute atomic E-state index is 12.4. The molecular formula is C13H16N4O4. The number of nitrogen functional groups attached to an aromatic ring is 1. The van der Waals surface area contributed by atoms with E-state index in [1.807, 2.05) is 5.43 Å². The van der Waals surface area contributed by atoms with E-state index in [1.54, 1.807) is 0 Å². The Hall–Kier alpha value is -2.35. The van der Waals surface area contributed by atoms with Crippen molar-refractivity contribution in [1.29, 1.82) is 0 Å². The van der Waals surface area contributed by atoms with Crippen LogP contribution in [-0.4, -0.2) is 28.3 Å². The van der Waals surface area contributed by atoms with Crippen molar-refractivity contribution in [1.82, 2.24) is 15.6 Å². The first-order valence-corrected chi connectivity index (χ1v) is 6.78. The van der Waals surface area contributed by atoms with Gasteiger partial charge in [-0.05, 0) is 18.9 Å². The van der Waals surface area contributed by atoms with E-state index in [4.69, 9.17) is 10.3 Å². The van der Waals surface area contributed by atoms with Gasteiger partial charge in [0.2, 0.25) is 0 Å². The van der Waals surface area contributed by atoms with Gasteiger partial charge in [0.25, 0.3) is 11.8 Å². The highest BCUT2D eigenvalue weighted by Gasteiger charge is 2.52. The van der Waals surface area contributed by atoms with Gasteiger partial charge in [0.05, 0.1) is 12.1 Å². The minimum Gasteiger partial charge on any atom is -0.467 e. The number of imide groups is 1. The van der Waals surface area contributed by atoms with E-state index in [-0.39, 0.29) is 18.0 Å². The van der Waals surface area contributed by atoms with Crippen LogP contribution in [0.5, 0.6) is 0 Å². The van der Waals surface area contributed by atoms with E-state index in [0.717, 1.165) is 17.7 Å². The molecule has 2 aliphatic rings. The summed E-state index contributed by atoms with van der Waals surface area (Å²) >= 11 is 0. The Morgan fingerprint density at radius 2 is 2.14 bits per heavy atom. The van der Waals surface area contributed by atoms with Gasteiger partial charge in [-0.15, -0.1) is 0 Å². The third-order valence-corrected chi connectivity index (χ3v) is 4.06. The van der Waals surface area contributed by atoms with Crippen LogP contribution in [0.1, 0.15) is 41.8 Å². The number of furan rings is 1. The van der Waals surface area contributed by atoms with Gasteiger partial charge in [-0.2, -0.15) is 0 Å². The molecule has 21 heavy (non-hydrogen) atoms. The van der Waals surface area contributed by atoms with Crippen LogP contribution < -0.4 is 16.6 Å². The molecule has 1 aromatic rings. The number of nitrogens with two attached hydrogens (primary N) is 1. The Balaban J connectivity index is 1.76. The van der Waals surface area contributed by atoms with Crippen molar-refractivity contribution in [3.63, 3.8) is 0 Å². The number of nitrogens with zero attached hydrogens (tertiary/aromatic N) is 1. The largest absolute Gasteiger partial charge is 0.467 e. The molecule has 112 valence electrons. The average molecular weight is 292 g/mol. The van der Waals surface area contributed by atoms with E-state index in [2.05, 4.69) is 5.32 Å². The number of hydrogen-bond donors (Lipinski definition) is 3. The fourth-order valence-electron chi connectivity index (χ4n) is 2.96. The lowest BCUT2D eigenvalue weighted by Gasteiger charge is -2.19. The highest BCUT2D eigenvalue weighted by Crippen LogP contribution is 2.35. The fraction of sp³-hybridized carbons (Fsp3) is 0.462. The minimum absolute atomic E-state index is 0.00423. The van der Waals surface area contributed by atoms with Gasteiger partial charge >= 0.3 is 6.03 Å². The van der Waals surface area contributed by atoms with Crippen LogP contribution in [-0.2, 0) is 11.3 Å². The van der Waals surface area contributed by atoms with Gasteiger partial charge in [-0.25, -0.2) is 10.6 Å². The zero-order chi connectivity index (χ0) is 15.0. The number of urea groups is 1. The number of carbonyl (C=O) groups is 3. The van der Waals surface area contributed by atoms with E-state index in [9.17, 15) is 14.4 Å². The van der Waals surface area contributed by atoms with Gasteiger partial charge in [0.15, 0.2) is 0 Å². The molecule has 1 aliphatic carbocycles. The summed E-state index contributed by atoms with van der Waals surface area (Å²) in [5.41, 5.74) is 1.50. The van der Waals surface area contributed by atoms with Crippen LogP contribution in [0.4, 0.5) is 4.79 Å². The molecule has 8 heteroatoms. The third-order valence-electron chi connectivity index (χ3n) is 4.06. The molecule has 2 heterocycles. The quantitative estimate of drug-likeness (QED) is 0.319. The maximum Gasteiger partial charge on any atom is 0.325 e. The highest BCUT2D eigenvalue weighted by atomic mass is 16.3. The summed E-state index contributed by atoms with van der Waals surface area (Å²) in [6, 6.07) is 1.05. The highest BCUT2D eigenvalue weighted by molar-refractivity contribution is 6.07. The fourth-order valence-corrected chi connectivity index (χ4v) is 2.96. The first kappa shape index (κ1) is 13.6. The Morgan fingerprint density at radius 1 is 1.43 bits per heavy atom. The average Bonchev–Trinajstić information content (AvgIpc) is 3.17. The maximum atomic E-state index is 12.4. The summed E-state index contributed by atoms with van der Waals surface area (Å²) in [5, 5.41) is 2.79. The minimum atomic E-state index is -0.735. The zero-order valence-electron chi connectivity index (χ0n) is 11.3. The van der Waals surface area contributed by atoms with Crippen molar-refractivity contribution in [2.24, 2.45) is 5.84 Å².